The summed E-state index contributed by atoms with van der Waals surface area (Å²) >= 11 is 0. The fourth-order valence-electron chi connectivity index (χ4n) is 1.83. The summed E-state index contributed by atoms with van der Waals surface area (Å²) in [7, 11) is 0. The maximum atomic E-state index is 5.85. The molecule has 4 heteroatoms. The van der Waals surface area contributed by atoms with Gasteiger partial charge in [-0.15, -0.1) is 0 Å². The van der Waals surface area contributed by atoms with E-state index in [-0.39, 0.29) is 0 Å². The van der Waals surface area contributed by atoms with Gasteiger partial charge in [0.05, 0.1) is 12.4 Å². The first-order valence-electron chi connectivity index (χ1n) is 7.09. The predicted molar refractivity (Wildman–Crippen MR) is 81.1 cm³/mol. The molecule has 0 aliphatic rings. The maximum absolute atomic E-state index is 5.85. The zero-order valence-corrected chi connectivity index (χ0v) is 12.6. The van der Waals surface area contributed by atoms with Gasteiger partial charge in [-0.2, -0.15) is 5.10 Å². The van der Waals surface area contributed by atoms with Crippen LogP contribution in [0.1, 0.15) is 39.3 Å². The Bertz CT molecular complexity index is 546. The minimum atomic E-state index is 0.342. The SMILES string of the molecule is CC(C)NCc1cccc(Oc2cnn(C(C)C)c2)c1. The molecule has 0 spiro atoms. The van der Waals surface area contributed by atoms with Gasteiger partial charge < -0.3 is 10.1 Å². The third-order valence-corrected chi connectivity index (χ3v) is 2.96. The van der Waals surface area contributed by atoms with E-state index in [4.69, 9.17) is 4.74 Å². The van der Waals surface area contributed by atoms with Crippen molar-refractivity contribution in [3.8, 4) is 11.5 Å². The Hall–Kier alpha value is -1.81. The molecule has 1 aromatic heterocycles. The van der Waals surface area contributed by atoms with E-state index in [2.05, 4.69) is 50.2 Å². The van der Waals surface area contributed by atoms with Crippen LogP contribution in [-0.4, -0.2) is 15.8 Å². The van der Waals surface area contributed by atoms with E-state index in [1.165, 1.54) is 5.56 Å². The highest BCUT2D eigenvalue weighted by Gasteiger charge is 2.04. The molecule has 0 atom stereocenters. The van der Waals surface area contributed by atoms with Gasteiger partial charge in [-0.05, 0) is 31.5 Å². The standard InChI is InChI=1S/C16H23N3O/c1-12(2)17-9-14-6-5-7-15(8-14)20-16-10-18-19(11-16)13(3)4/h5-8,10-13,17H,9H2,1-4H3. The van der Waals surface area contributed by atoms with Crippen molar-refractivity contribution >= 4 is 0 Å². The summed E-state index contributed by atoms with van der Waals surface area (Å²) in [5.74, 6) is 1.61. The van der Waals surface area contributed by atoms with Gasteiger partial charge >= 0.3 is 0 Å². The van der Waals surface area contributed by atoms with E-state index in [0.29, 0.717) is 12.1 Å². The summed E-state index contributed by atoms with van der Waals surface area (Å²) in [6.07, 6.45) is 3.67. The van der Waals surface area contributed by atoms with Crippen LogP contribution in [0.15, 0.2) is 36.7 Å². The van der Waals surface area contributed by atoms with Crippen LogP contribution < -0.4 is 10.1 Å². The van der Waals surface area contributed by atoms with Gasteiger partial charge in [0.2, 0.25) is 0 Å². The fourth-order valence-corrected chi connectivity index (χ4v) is 1.83. The number of aromatic nitrogens is 2. The molecule has 0 unspecified atom stereocenters. The van der Waals surface area contributed by atoms with Gasteiger partial charge in [-0.1, -0.05) is 26.0 Å². The lowest BCUT2D eigenvalue weighted by atomic mass is 10.2. The Morgan fingerprint density at radius 1 is 1.20 bits per heavy atom. The quantitative estimate of drug-likeness (QED) is 0.871. The molecule has 0 saturated carbocycles. The number of nitrogens with zero attached hydrogens (tertiary/aromatic N) is 2. The minimum Gasteiger partial charge on any atom is -0.454 e. The topological polar surface area (TPSA) is 39.1 Å². The minimum absolute atomic E-state index is 0.342. The van der Waals surface area contributed by atoms with Crippen molar-refractivity contribution in [1.82, 2.24) is 15.1 Å². The molecule has 1 N–H and O–H groups in total. The molecular weight excluding hydrogens is 250 g/mol. The van der Waals surface area contributed by atoms with E-state index in [1.807, 2.05) is 23.0 Å². The molecule has 0 aliphatic carbocycles. The van der Waals surface area contributed by atoms with E-state index >= 15 is 0 Å². The van der Waals surface area contributed by atoms with E-state index in [0.717, 1.165) is 18.0 Å². The van der Waals surface area contributed by atoms with Crippen molar-refractivity contribution in [2.24, 2.45) is 0 Å². The van der Waals surface area contributed by atoms with Crippen LogP contribution in [0.5, 0.6) is 11.5 Å². The van der Waals surface area contributed by atoms with Crippen LogP contribution in [0.2, 0.25) is 0 Å². The van der Waals surface area contributed by atoms with Gasteiger partial charge in [0.1, 0.15) is 5.75 Å². The zero-order valence-electron chi connectivity index (χ0n) is 12.6. The van der Waals surface area contributed by atoms with E-state index < -0.39 is 0 Å². The zero-order chi connectivity index (χ0) is 14.5. The van der Waals surface area contributed by atoms with Crippen LogP contribution in [0.4, 0.5) is 0 Å². The maximum Gasteiger partial charge on any atom is 0.165 e. The first-order valence-corrected chi connectivity index (χ1v) is 7.09. The molecule has 0 bridgehead atoms. The van der Waals surface area contributed by atoms with Crippen molar-refractivity contribution < 1.29 is 4.74 Å². The normalized spacial score (nSPS) is 11.3. The van der Waals surface area contributed by atoms with E-state index in [9.17, 15) is 0 Å². The Kier molecular flexibility index (Phi) is 4.79. The van der Waals surface area contributed by atoms with Gasteiger partial charge in [0.25, 0.3) is 0 Å². The molecule has 20 heavy (non-hydrogen) atoms. The van der Waals surface area contributed by atoms with Crippen molar-refractivity contribution in [2.75, 3.05) is 0 Å². The highest BCUT2D eigenvalue weighted by molar-refractivity contribution is 5.32. The first kappa shape index (κ1) is 14.6. The lowest BCUT2D eigenvalue weighted by Gasteiger charge is -2.09. The van der Waals surface area contributed by atoms with Crippen LogP contribution in [0.25, 0.3) is 0 Å². The fraction of sp³-hybridized carbons (Fsp3) is 0.438. The highest BCUT2D eigenvalue weighted by atomic mass is 16.5. The Balaban J connectivity index is 2.03. The molecule has 1 aromatic carbocycles. The molecule has 0 amide bonds. The first-order chi connectivity index (χ1) is 9.54. The average molecular weight is 273 g/mol. The van der Waals surface area contributed by atoms with Crippen LogP contribution >= 0.6 is 0 Å². The van der Waals surface area contributed by atoms with Gasteiger partial charge in [-0.25, -0.2) is 0 Å². The summed E-state index contributed by atoms with van der Waals surface area (Å²) in [5.41, 5.74) is 1.22. The second-order valence-electron chi connectivity index (χ2n) is 5.53. The molecule has 0 radical (unpaired) electrons. The second-order valence-corrected chi connectivity index (χ2v) is 5.53. The van der Waals surface area contributed by atoms with Crippen LogP contribution in [0.3, 0.4) is 0 Å². The van der Waals surface area contributed by atoms with Gasteiger partial charge in [0.15, 0.2) is 5.75 Å². The van der Waals surface area contributed by atoms with Crippen molar-refractivity contribution in [3.63, 3.8) is 0 Å². The van der Waals surface area contributed by atoms with Crippen LogP contribution in [-0.2, 0) is 6.54 Å². The van der Waals surface area contributed by atoms with Crippen molar-refractivity contribution in [2.45, 2.75) is 46.3 Å². The molecule has 0 aliphatic heterocycles. The highest BCUT2D eigenvalue weighted by Crippen LogP contribution is 2.22. The molecule has 1 heterocycles. The number of ether oxygens (including phenoxy) is 1. The molecular formula is C16H23N3O. The van der Waals surface area contributed by atoms with Crippen molar-refractivity contribution in [1.29, 1.82) is 0 Å². The molecule has 108 valence electrons. The third kappa shape index (κ3) is 4.10. The van der Waals surface area contributed by atoms with E-state index in [1.54, 1.807) is 6.20 Å². The summed E-state index contributed by atoms with van der Waals surface area (Å²) in [6.45, 7) is 9.31. The number of hydrogen-bond acceptors (Lipinski definition) is 3. The van der Waals surface area contributed by atoms with Crippen molar-refractivity contribution in [3.05, 3.63) is 42.2 Å². The Morgan fingerprint density at radius 2 is 2.00 bits per heavy atom. The summed E-state index contributed by atoms with van der Waals surface area (Å²) < 4.78 is 7.73. The third-order valence-electron chi connectivity index (χ3n) is 2.96. The lowest BCUT2D eigenvalue weighted by molar-refractivity contribution is 0.475. The smallest absolute Gasteiger partial charge is 0.165 e. The number of hydrogen-bond donors (Lipinski definition) is 1. The molecule has 0 fully saturated rings. The monoisotopic (exact) mass is 273 g/mol. The molecule has 0 saturated heterocycles. The number of nitrogens with one attached hydrogen (secondary N) is 1. The number of benzene rings is 1. The summed E-state index contributed by atoms with van der Waals surface area (Å²) in [6, 6.07) is 8.95. The average Bonchev–Trinajstić information content (AvgIpc) is 2.85. The Labute approximate surface area is 120 Å². The molecule has 2 rings (SSSR count). The largest absolute Gasteiger partial charge is 0.454 e. The van der Waals surface area contributed by atoms with Gasteiger partial charge in [0, 0.05) is 18.6 Å². The molecule has 2 aromatic rings. The Morgan fingerprint density at radius 3 is 2.65 bits per heavy atom. The predicted octanol–water partition coefficient (Wildman–Crippen LogP) is 3.75. The summed E-state index contributed by atoms with van der Waals surface area (Å²) in [5, 5.41) is 7.67. The molecule has 4 nitrogen and oxygen atoms in total. The number of rotatable bonds is 6. The lowest BCUT2D eigenvalue weighted by Crippen LogP contribution is -2.21. The second kappa shape index (κ2) is 6.57. The van der Waals surface area contributed by atoms with Gasteiger partial charge in [-0.3, -0.25) is 4.68 Å². The van der Waals surface area contributed by atoms with Crippen LogP contribution in [0, 0.1) is 0 Å². The summed E-state index contributed by atoms with van der Waals surface area (Å²) in [4.78, 5) is 0.